The highest BCUT2D eigenvalue weighted by Crippen LogP contribution is 2.24. The number of hydrogen-bond donors (Lipinski definition) is 1. The zero-order valence-corrected chi connectivity index (χ0v) is 17.5. The van der Waals surface area contributed by atoms with Crippen LogP contribution in [-0.4, -0.2) is 54.4 Å². The quantitative estimate of drug-likeness (QED) is 0.576. The molecule has 2 rings (SSSR count). The molecule has 8 heteroatoms. The smallest absolute Gasteiger partial charge is 0.410 e. The maximum Gasteiger partial charge on any atom is 0.410 e. The van der Waals surface area contributed by atoms with Crippen molar-refractivity contribution in [3.63, 3.8) is 0 Å². The van der Waals surface area contributed by atoms with Crippen molar-refractivity contribution in [1.82, 2.24) is 10.2 Å². The summed E-state index contributed by atoms with van der Waals surface area (Å²) in [5.41, 5.74) is 0.232. The first-order chi connectivity index (χ1) is 13.7. The minimum absolute atomic E-state index is 0.0913. The molecule has 1 aromatic rings. The van der Waals surface area contributed by atoms with Gasteiger partial charge in [0.05, 0.1) is 7.11 Å². The number of alkyl carbamates (subject to hydrolysis) is 1. The predicted octanol–water partition coefficient (Wildman–Crippen LogP) is 3.24. The molecule has 0 aliphatic carbocycles. The van der Waals surface area contributed by atoms with E-state index in [9.17, 15) is 14.4 Å². The number of benzene rings is 1. The van der Waals surface area contributed by atoms with Gasteiger partial charge >= 0.3 is 18.2 Å². The highest BCUT2D eigenvalue weighted by molar-refractivity contribution is 5.81. The van der Waals surface area contributed by atoms with Crippen molar-refractivity contribution >= 4 is 18.2 Å². The highest BCUT2D eigenvalue weighted by atomic mass is 16.6. The van der Waals surface area contributed by atoms with E-state index < -0.39 is 29.8 Å². The second-order valence-corrected chi connectivity index (χ2v) is 7.99. The van der Waals surface area contributed by atoms with Crippen LogP contribution in [0, 0.1) is 0 Å². The second kappa shape index (κ2) is 10.1. The first-order valence-electron chi connectivity index (χ1n) is 9.74. The van der Waals surface area contributed by atoms with Crippen molar-refractivity contribution in [2.75, 3.05) is 13.7 Å². The summed E-state index contributed by atoms with van der Waals surface area (Å²) < 4.78 is 15.5. The number of ether oxygens (including phenoxy) is 3. The number of esters is 1. The molecule has 0 aromatic heterocycles. The van der Waals surface area contributed by atoms with Crippen LogP contribution in [0.1, 0.15) is 45.6 Å². The maximum atomic E-state index is 12.4. The molecular formula is C21H30N2O6. The lowest BCUT2D eigenvalue weighted by atomic mass is 10.1. The van der Waals surface area contributed by atoms with Crippen LogP contribution in [0.3, 0.4) is 0 Å². The summed E-state index contributed by atoms with van der Waals surface area (Å²) in [6.07, 6.45) is 0.608. The lowest BCUT2D eigenvalue weighted by Gasteiger charge is -2.30. The van der Waals surface area contributed by atoms with Gasteiger partial charge in [0.25, 0.3) is 0 Å². The fourth-order valence-corrected chi connectivity index (χ4v) is 3.18. The summed E-state index contributed by atoms with van der Waals surface area (Å²) in [6.45, 7) is 6.05. The van der Waals surface area contributed by atoms with Gasteiger partial charge in [-0.3, -0.25) is 0 Å². The fraction of sp³-hybridized carbons (Fsp3) is 0.571. The molecule has 2 atom stereocenters. The standard InChI is InChI=1S/C21H30N2O6/c1-21(2,3)29-20(26)23-12-8-11-16(23)13-17(18(24)27-4)22-19(25)28-14-15-9-6-5-7-10-15/h5-7,9-10,16-17H,8,11-14H2,1-4H3,(H,22,25)/t16?,17-/m0/s1. The van der Waals surface area contributed by atoms with E-state index in [0.717, 1.165) is 12.0 Å². The first-order valence-corrected chi connectivity index (χ1v) is 9.74. The molecule has 29 heavy (non-hydrogen) atoms. The van der Waals surface area contributed by atoms with Crippen LogP contribution in [0.2, 0.25) is 0 Å². The molecule has 1 fully saturated rings. The van der Waals surface area contributed by atoms with E-state index in [0.29, 0.717) is 13.0 Å². The molecule has 2 amide bonds. The SMILES string of the molecule is COC(=O)[C@H](CC1CCCN1C(=O)OC(C)(C)C)NC(=O)OCc1ccccc1. The van der Waals surface area contributed by atoms with Gasteiger partial charge in [0, 0.05) is 12.6 Å². The van der Waals surface area contributed by atoms with Crippen LogP contribution in [0.5, 0.6) is 0 Å². The lowest BCUT2D eigenvalue weighted by molar-refractivity contribution is -0.143. The molecule has 1 aliphatic heterocycles. The first kappa shape index (κ1) is 22.5. The summed E-state index contributed by atoms with van der Waals surface area (Å²) in [7, 11) is 1.26. The Kier molecular flexibility index (Phi) is 7.87. The highest BCUT2D eigenvalue weighted by Gasteiger charge is 2.36. The van der Waals surface area contributed by atoms with E-state index in [4.69, 9.17) is 14.2 Å². The average Bonchev–Trinajstić information content (AvgIpc) is 3.13. The minimum atomic E-state index is -0.920. The Bertz CT molecular complexity index is 701. The number of rotatable bonds is 6. The van der Waals surface area contributed by atoms with E-state index in [1.165, 1.54) is 7.11 Å². The van der Waals surface area contributed by atoms with Crippen LogP contribution < -0.4 is 5.32 Å². The Labute approximate surface area is 171 Å². The Hall–Kier alpha value is -2.77. The van der Waals surface area contributed by atoms with Crippen molar-refractivity contribution in [1.29, 1.82) is 0 Å². The molecule has 1 saturated heterocycles. The monoisotopic (exact) mass is 406 g/mol. The molecule has 0 spiro atoms. The van der Waals surface area contributed by atoms with Gasteiger partial charge in [-0.15, -0.1) is 0 Å². The van der Waals surface area contributed by atoms with Gasteiger partial charge in [0.2, 0.25) is 0 Å². The summed E-state index contributed by atoms with van der Waals surface area (Å²) in [5, 5.41) is 2.56. The second-order valence-electron chi connectivity index (χ2n) is 7.99. The summed E-state index contributed by atoms with van der Waals surface area (Å²) >= 11 is 0. The zero-order chi connectivity index (χ0) is 21.4. The fourth-order valence-electron chi connectivity index (χ4n) is 3.18. The van der Waals surface area contributed by atoms with Crippen molar-refractivity contribution < 1.29 is 28.6 Å². The van der Waals surface area contributed by atoms with E-state index >= 15 is 0 Å². The summed E-state index contributed by atoms with van der Waals surface area (Å²) in [6, 6.07) is 8.08. The summed E-state index contributed by atoms with van der Waals surface area (Å²) in [5.74, 6) is -0.585. The molecule has 1 heterocycles. The molecular weight excluding hydrogens is 376 g/mol. The normalized spacial score (nSPS) is 17.4. The number of likely N-dealkylation sites (tertiary alicyclic amines) is 1. The van der Waals surface area contributed by atoms with Gasteiger partial charge in [-0.05, 0) is 45.6 Å². The Morgan fingerprint density at radius 1 is 1.21 bits per heavy atom. The van der Waals surface area contributed by atoms with Crippen LogP contribution in [0.15, 0.2) is 30.3 Å². The van der Waals surface area contributed by atoms with Gasteiger partial charge in [-0.2, -0.15) is 0 Å². The molecule has 1 aliphatic rings. The Morgan fingerprint density at radius 3 is 2.52 bits per heavy atom. The zero-order valence-electron chi connectivity index (χ0n) is 17.5. The van der Waals surface area contributed by atoms with E-state index in [2.05, 4.69) is 5.32 Å². The third-order valence-electron chi connectivity index (χ3n) is 4.50. The molecule has 1 unspecified atom stereocenters. The topological polar surface area (TPSA) is 94.2 Å². The number of nitrogens with zero attached hydrogens (tertiary/aromatic N) is 1. The number of amides is 2. The summed E-state index contributed by atoms with van der Waals surface area (Å²) in [4.78, 5) is 38.4. The van der Waals surface area contributed by atoms with E-state index in [-0.39, 0.29) is 19.1 Å². The van der Waals surface area contributed by atoms with Crippen molar-refractivity contribution in [2.24, 2.45) is 0 Å². The lowest BCUT2D eigenvalue weighted by Crippen LogP contribution is -2.47. The van der Waals surface area contributed by atoms with Crippen molar-refractivity contribution in [3.8, 4) is 0 Å². The van der Waals surface area contributed by atoms with Gasteiger partial charge < -0.3 is 24.4 Å². The molecule has 160 valence electrons. The van der Waals surface area contributed by atoms with Crippen LogP contribution in [0.25, 0.3) is 0 Å². The number of nitrogens with one attached hydrogen (secondary N) is 1. The maximum absolute atomic E-state index is 12.4. The molecule has 8 nitrogen and oxygen atoms in total. The Morgan fingerprint density at radius 2 is 1.90 bits per heavy atom. The molecule has 0 bridgehead atoms. The number of carbonyl (C=O) groups is 3. The number of hydrogen-bond acceptors (Lipinski definition) is 6. The van der Waals surface area contributed by atoms with Gasteiger partial charge in [0.15, 0.2) is 0 Å². The average molecular weight is 406 g/mol. The molecule has 0 radical (unpaired) electrons. The number of methoxy groups -OCH3 is 1. The van der Waals surface area contributed by atoms with E-state index in [1.807, 2.05) is 30.3 Å². The minimum Gasteiger partial charge on any atom is -0.467 e. The third-order valence-corrected chi connectivity index (χ3v) is 4.50. The predicted molar refractivity (Wildman–Crippen MR) is 106 cm³/mol. The largest absolute Gasteiger partial charge is 0.467 e. The molecule has 1 aromatic carbocycles. The molecule has 0 saturated carbocycles. The van der Waals surface area contributed by atoms with Crippen LogP contribution in [-0.2, 0) is 25.6 Å². The van der Waals surface area contributed by atoms with Gasteiger partial charge in [0.1, 0.15) is 18.2 Å². The third kappa shape index (κ3) is 7.29. The molecule has 1 N–H and O–H groups in total. The van der Waals surface area contributed by atoms with Gasteiger partial charge in [-0.25, -0.2) is 14.4 Å². The van der Waals surface area contributed by atoms with Crippen molar-refractivity contribution in [2.45, 2.75) is 64.3 Å². The van der Waals surface area contributed by atoms with Crippen LogP contribution >= 0.6 is 0 Å². The van der Waals surface area contributed by atoms with Crippen molar-refractivity contribution in [3.05, 3.63) is 35.9 Å². The van der Waals surface area contributed by atoms with Crippen LogP contribution in [0.4, 0.5) is 9.59 Å². The Balaban J connectivity index is 1.96. The van der Waals surface area contributed by atoms with E-state index in [1.54, 1.807) is 25.7 Å². The van der Waals surface area contributed by atoms with Gasteiger partial charge in [-0.1, -0.05) is 30.3 Å². The number of carbonyl (C=O) groups excluding carboxylic acids is 3.